The number of hydrogen-bond donors (Lipinski definition) is 2. The third kappa shape index (κ3) is 2.35. The molecule has 1 aliphatic carbocycles. The second-order valence-electron chi connectivity index (χ2n) is 3.07. The highest BCUT2D eigenvalue weighted by molar-refractivity contribution is 5.75. The first-order chi connectivity index (χ1) is 4.70. The molecule has 1 saturated carbocycles. The fourth-order valence-electron chi connectivity index (χ4n) is 1.06. The number of rotatable bonds is 4. The van der Waals surface area contributed by atoms with Crippen molar-refractivity contribution < 1.29 is 4.79 Å². The average Bonchev–Trinajstić information content (AvgIpc) is 2.46. The van der Waals surface area contributed by atoms with Gasteiger partial charge in [-0.3, -0.25) is 4.79 Å². The molecule has 0 aromatic carbocycles. The van der Waals surface area contributed by atoms with Gasteiger partial charge < -0.3 is 11.1 Å². The van der Waals surface area contributed by atoms with E-state index in [2.05, 4.69) is 12.2 Å². The lowest BCUT2D eigenvalue weighted by atomic mass is 10.3. The van der Waals surface area contributed by atoms with Crippen LogP contribution in [0, 0.1) is 11.8 Å². The molecule has 0 aliphatic heterocycles. The normalized spacial score (nSPS) is 30.1. The Morgan fingerprint density at radius 3 is 2.80 bits per heavy atom. The van der Waals surface area contributed by atoms with Gasteiger partial charge in [0.25, 0.3) is 0 Å². The highest BCUT2D eigenvalue weighted by atomic mass is 16.1. The molecule has 2 unspecified atom stereocenters. The summed E-state index contributed by atoms with van der Waals surface area (Å²) < 4.78 is 0. The molecule has 3 N–H and O–H groups in total. The number of carbonyl (C=O) groups excluding carboxylic acids is 1. The predicted molar refractivity (Wildman–Crippen MR) is 39.3 cm³/mol. The smallest absolute Gasteiger partial charge is 0.231 e. The van der Waals surface area contributed by atoms with Crippen molar-refractivity contribution in [1.29, 1.82) is 0 Å². The van der Waals surface area contributed by atoms with Crippen LogP contribution in [0.4, 0.5) is 0 Å². The summed E-state index contributed by atoms with van der Waals surface area (Å²) in [5.74, 6) is 1.37. The second-order valence-corrected chi connectivity index (χ2v) is 3.07. The monoisotopic (exact) mass is 142 g/mol. The van der Waals surface area contributed by atoms with Crippen LogP contribution < -0.4 is 11.1 Å². The van der Waals surface area contributed by atoms with Crippen LogP contribution in [-0.4, -0.2) is 19.0 Å². The van der Waals surface area contributed by atoms with Crippen molar-refractivity contribution in [2.45, 2.75) is 13.3 Å². The third-order valence-electron chi connectivity index (χ3n) is 1.98. The molecule has 0 aromatic heterocycles. The van der Waals surface area contributed by atoms with Crippen molar-refractivity contribution >= 4 is 5.91 Å². The van der Waals surface area contributed by atoms with Gasteiger partial charge in [0, 0.05) is 0 Å². The van der Waals surface area contributed by atoms with E-state index in [-0.39, 0.29) is 5.91 Å². The molecule has 3 nitrogen and oxygen atoms in total. The summed E-state index contributed by atoms with van der Waals surface area (Å²) in [5, 5.41) is 3.00. The minimum atomic E-state index is -0.270. The van der Waals surface area contributed by atoms with E-state index in [4.69, 9.17) is 5.73 Å². The van der Waals surface area contributed by atoms with Gasteiger partial charge in [0.15, 0.2) is 0 Å². The Balaban J connectivity index is 1.91. The summed E-state index contributed by atoms with van der Waals surface area (Å²) in [6.07, 6.45) is 1.30. The number of nitrogens with one attached hydrogen (secondary N) is 1. The van der Waals surface area contributed by atoms with Crippen LogP contribution in [-0.2, 0) is 4.79 Å². The Bertz CT molecular complexity index is 136. The van der Waals surface area contributed by atoms with E-state index >= 15 is 0 Å². The zero-order valence-corrected chi connectivity index (χ0v) is 6.26. The van der Waals surface area contributed by atoms with Gasteiger partial charge >= 0.3 is 0 Å². The first kappa shape index (κ1) is 7.54. The Labute approximate surface area is 61.0 Å². The van der Waals surface area contributed by atoms with Crippen LogP contribution in [0.25, 0.3) is 0 Å². The van der Waals surface area contributed by atoms with Gasteiger partial charge in [0.05, 0.1) is 6.54 Å². The molecule has 1 fully saturated rings. The van der Waals surface area contributed by atoms with Crippen LogP contribution >= 0.6 is 0 Å². The van der Waals surface area contributed by atoms with E-state index in [1.807, 2.05) is 0 Å². The van der Waals surface area contributed by atoms with Crippen molar-refractivity contribution in [3.8, 4) is 0 Å². The Morgan fingerprint density at radius 2 is 2.40 bits per heavy atom. The van der Waals surface area contributed by atoms with Crippen molar-refractivity contribution in [3.63, 3.8) is 0 Å². The summed E-state index contributed by atoms with van der Waals surface area (Å²) in [6, 6.07) is 0. The van der Waals surface area contributed by atoms with Gasteiger partial charge in [-0.2, -0.15) is 0 Å². The largest absolute Gasteiger partial charge is 0.369 e. The first-order valence-electron chi connectivity index (χ1n) is 3.69. The van der Waals surface area contributed by atoms with E-state index in [1.165, 1.54) is 6.42 Å². The molecule has 3 heteroatoms. The fraction of sp³-hybridized carbons (Fsp3) is 0.857. The van der Waals surface area contributed by atoms with Crippen molar-refractivity contribution in [2.24, 2.45) is 17.6 Å². The van der Waals surface area contributed by atoms with Gasteiger partial charge in [0.2, 0.25) is 5.91 Å². The van der Waals surface area contributed by atoms with Gasteiger partial charge in [-0.25, -0.2) is 0 Å². The van der Waals surface area contributed by atoms with Crippen LogP contribution in [0.2, 0.25) is 0 Å². The number of amides is 1. The van der Waals surface area contributed by atoms with E-state index in [1.54, 1.807) is 0 Å². The molecule has 0 heterocycles. The average molecular weight is 142 g/mol. The fourth-order valence-corrected chi connectivity index (χ4v) is 1.06. The number of hydrogen-bond acceptors (Lipinski definition) is 2. The Kier molecular flexibility index (Phi) is 2.27. The Hall–Kier alpha value is -0.570. The molecular weight excluding hydrogens is 128 g/mol. The third-order valence-corrected chi connectivity index (χ3v) is 1.98. The van der Waals surface area contributed by atoms with Crippen LogP contribution in [0.3, 0.4) is 0 Å². The lowest BCUT2D eigenvalue weighted by Gasteiger charge is -1.98. The van der Waals surface area contributed by atoms with Gasteiger partial charge in [0.1, 0.15) is 0 Å². The van der Waals surface area contributed by atoms with E-state index in [0.29, 0.717) is 6.54 Å². The van der Waals surface area contributed by atoms with E-state index in [0.717, 1.165) is 18.4 Å². The standard InChI is InChI=1S/C7H14N2O/c1-5-2-6(5)3-9-4-7(8)10/h5-6,9H,2-4H2,1H3,(H2,8,10). The molecule has 1 rings (SSSR count). The number of carbonyl (C=O) groups is 1. The van der Waals surface area contributed by atoms with E-state index < -0.39 is 0 Å². The first-order valence-corrected chi connectivity index (χ1v) is 3.69. The number of nitrogens with two attached hydrogens (primary N) is 1. The quantitative estimate of drug-likeness (QED) is 0.567. The molecule has 0 spiro atoms. The lowest BCUT2D eigenvalue weighted by molar-refractivity contribution is -0.117. The molecule has 0 saturated heterocycles. The maximum absolute atomic E-state index is 10.2. The number of primary amides is 1. The van der Waals surface area contributed by atoms with Crippen molar-refractivity contribution in [3.05, 3.63) is 0 Å². The molecule has 2 atom stereocenters. The molecule has 58 valence electrons. The molecule has 0 aromatic rings. The van der Waals surface area contributed by atoms with Crippen molar-refractivity contribution in [2.75, 3.05) is 13.1 Å². The summed E-state index contributed by atoms with van der Waals surface area (Å²) in [5.41, 5.74) is 4.93. The van der Waals surface area contributed by atoms with Gasteiger partial charge in [-0.1, -0.05) is 6.92 Å². The summed E-state index contributed by atoms with van der Waals surface area (Å²) >= 11 is 0. The van der Waals surface area contributed by atoms with Gasteiger partial charge in [-0.05, 0) is 24.8 Å². The summed E-state index contributed by atoms with van der Waals surface area (Å²) in [7, 11) is 0. The molecular formula is C7H14N2O. The van der Waals surface area contributed by atoms with Crippen molar-refractivity contribution in [1.82, 2.24) is 5.32 Å². The van der Waals surface area contributed by atoms with Gasteiger partial charge in [-0.15, -0.1) is 0 Å². The maximum atomic E-state index is 10.2. The van der Waals surface area contributed by atoms with E-state index in [9.17, 15) is 4.79 Å². The SMILES string of the molecule is CC1CC1CNCC(N)=O. The highest BCUT2D eigenvalue weighted by Crippen LogP contribution is 2.36. The lowest BCUT2D eigenvalue weighted by Crippen LogP contribution is -2.30. The van der Waals surface area contributed by atoms with Crippen LogP contribution in [0.1, 0.15) is 13.3 Å². The molecule has 0 radical (unpaired) electrons. The zero-order chi connectivity index (χ0) is 7.56. The van der Waals surface area contributed by atoms with Crippen LogP contribution in [0.5, 0.6) is 0 Å². The summed E-state index contributed by atoms with van der Waals surface area (Å²) in [6.45, 7) is 3.49. The molecule has 0 bridgehead atoms. The highest BCUT2D eigenvalue weighted by Gasteiger charge is 2.31. The molecule has 10 heavy (non-hydrogen) atoms. The van der Waals surface area contributed by atoms with Crippen LogP contribution in [0.15, 0.2) is 0 Å². The Morgan fingerprint density at radius 1 is 1.80 bits per heavy atom. The maximum Gasteiger partial charge on any atom is 0.231 e. The summed E-state index contributed by atoms with van der Waals surface area (Å²) in [4.78, 5) is 10.2. The molecule has 1 amide bonds. The minimum Gasteiger partial charge on any atom is -0.369 e. The zero-order valence-electron chi connectivity index (χ0n) is 6.26. The topological polar surface area (TPSA) is 55.1 Å². The predicted octanol–water partition coefficient (Wildman–Crippen LogP) is -0.283. The second kappa shape index (κ2) is 3.01. The molecule has 1 aliphatic rings. The minimum absolute atomic E-state index is 0.270.